The van der Waals surface area contributed by atoms with Crippen molar-refractivity contribution < 1.29 is 18.4 Å². The maximum Gasteiger partial charge on any atom is 0.330 e. The molecule has 41 heavy (non-hydrogen) atoms. The van der Waals surface area contributed by atoms with Crippen LogP contribution in [0.3, 0.4) is 0 Å². The molecule has 1 aliphatic heterocycles. The summed E-state index contributed by atoms with van der Waals surface area (Å²) in [6.07, 6.45) is 0.751. The average Bonchev–Trinajstić information content (AvgIpc) is 3.07. The number of hydrogen-bond acceptors (Lipinski definition) is 7. The van der Waals surface area contributed by atoms with Crippen molar-refractivity contribution in [2.24, 2.45) is 5.92 Å². The lowest BCUT2D eigenvalue weighted by Crippen LogP contribution is -2.51. The van der Waals surface area contributed by atoms with Gasteiger partial charge in [0.15, 0.2) is 25.0 Å². The minimum atomic E-state index is -2.63. The number of nitrogens with one attached hydrogen (secondary N) is 2. The van der Waals surface area contributed by atoms with E-state index in [9.17, 15) is 14.4 Å². The van der Waals surface area contributed by atoms with Crippen LogP contribution in [0, 0.1) is 5.92 Å². The summed E-state index contributed by atoms with van der Waals surface area (Å²) >= 11 is 0. The summed E-state index contributed by atoms with van der Waals surface area (Å²) in [6.45, 7) is 31.0. The smallest absolute Gasteiger partial charge is 0.330 e. The Balaban J connectivity index is 2.74. The molecule has 0 aliphatic carbocycles. The Labute approximate surface area is 251 Å². The first kappa shape index (κ1) is 36.3. The van der Waals surface area contributed by atoms with Crippen molar-refractivity contribution in [3.05, 3.63) is 32.6 Å². The molecule has 0 spiro atoms. The molecule has 0 radical (unpaired) electrons. The van der Waals surface area contributed by atoms with E-state index in [0.717, 1.165) is 0 Å². The molecule has 0 saturated carbocycles. The van der Waals surface area contributed by atoms with Crippen LogP contribution in [-0.4, -0.2) is 65.2 Å². The second-order valence-corrected chi connectivity index (χ2v) is 30.2. The Morgan fingerprint density at radius 3 is 1.98 bits per heavy atom. The van der Waals surface area contributed by atoms with Gasteiger partial charge in [-0.05, 0) is 67.9 Å². The van der Waals surface area contributed by atoms with E-state index in [1.165, 1.54) is 4.57 Å². The van der Waals surface area contributed by atoms with Crippen molar-refractivity contribution in [2.45, 2.75) is 141 Å². The van der Waals surface area contributed by atoms with Gasteiger partial charge in [-0.3, -0.25) is 14.3 Å². The van der Waals surface area contributed by atoms with Gasteiger partial charge in [0.05, 0.1) is 12.7 Å². The van der Waals surface area contributed by atoms with Crippen molar-refractivity contribution in [2.75, 3.05) is 13.7 Å². The fraction of sp³-hybridized carbons (Fsp3) is 0.862. The van der Waals surface area contributed by atoms with Crippen LogP contribution in [0.4, 0.5) is 0 Å². The lowest BCUT2D eigenvalue weighted by molar-refractivity contribution is -0.0448. The summed E-state index contributed by atoms with van der Waals surface area (Å²) in [5, 5.41) is 2.58. The number of ether oxygens (including phenoxy) is 1. The van der Waals surface area contributed by atoms with Crippen LogP contribution in [0.5, 0.6) is 0 Å². The second kappa shape index (κ2) is 12.3. The predicted molar refractivity (Wildman–Crippen MR) is 175 cm³/mol. The maximum atomic E-state index is 13.3. The molecule has 12 heteroatoms. The number of rotatable bonds is 11. The number of hydrogen-bond donors (Lipinski definition) is 3. The van der Waals surface area contributed by atoms with Gasteiger partial charge in [-0.15, -0.1) is 0 Å². The summed E-state index contributed by atoms with van der Waals surface area (Å²) < 4.78 is 22.2. The van der Waals surface area contributed by atoms with Crippen LogP contribution in [0.2, 0.25) is 54.4 Å². The number of H-pyrrole nitrogens is 1. The van der Waals surface area contributed by atoms with E-state index >= 15 is 0 Å². The van der Waals surface area contributed by atoms with Gasteiger partial charge in [-0.2, -0.15) is 0 Å². The highest BCUT2D eigenvalue weighted by molar-refractivity contribution is 6.74. The molecule has 1 aliphatic rings. The lowest BCUT2D eigenvalue weighted by Gasteiger charge is -2.44. The highest BCUT2D eigenvalue weighted by Crippen LogP contribution is 2.51. The fourth-order valence-corrected chi connectivity index (χ4v) is 7.59. The number of aromatic amines is 1. The standard InChI is InChI=1S/C29H59N3O6Si3/c1-27(2,3)40(12,13)36-19-22-23(38-41(14,15)28(4,5)6)21(16-29(7,8)39(10,11)35)25(37-22)32-18-20(17-30-9)24(33)31-26(32)34/h18,21-23,25,30,35H,16-17,19H2,1-15H3,(H,31,33,34)/t21?,22-,23?,25-/m1/s1. The predicted octanol–water partition coefficient (Wildman–Crippen LogP) is 5.55. The van der Waals surface area contributed by atoms with Crippen molar-refractivity contribution in [1.82, 2.24) is 14.9 Å². The summed E-state index contributed by atoms with van der Waals surface area (Å²) in [6, 6.07) is 0. The van der Waals surface area contributed by atoms with E-state index in [2.05, 4.69) is 91.9 Å². The van der Waals surface area contributed by atoms with Gasteiger partial charge in [-0.25, -0.2) is 4.79 Å². The van der Waals surface area contributed by atoms with Crippen molar-refractivity contribution in [3.8, 4) is 0 Å². The highest BCUT2D eigenvalue weighted by Gasteiger charge is 2.54. The third-order valence-electron chi connectivity index (χ3n) is 10.2. The Morgan fingerprint density at radius 1 is 0.976 bits per heavy atom. The minimum absolute atomic E-state index is 0.0204. The van der Waals surface area contributed by atoms with Crippen LogP contribution < -0.4 is 16.6 Å². The zero-order chi connectivity index (χ0) is 32.0. The van der Waals surface area contributed by atoms with E-state index in [4.69, 9.17) is 13.6 Å². The van der Waals surface area contributed by atoms with Crippen LogP contribution in [-0.2, 0) is 20.1 Å². The minimum Gasteiger partial charge on any atom is -0.432 e. The van der Waals surface area contributed by atoms with Gasteiger partial charge < -0.3 is 23.7 Å². The Kier molecular flexibility index (Phi) is 10.9. The maximum absolute atomic E-state index is 13.3. The molecule has 1 fully saturated rings. The molecular weight excluding hydrogens is 571 g/mol. The second-order valence-electron chi connectivity index (χ2n) is 16.1. The third kappa shape index (κ3) is 8.20. The van der Waals surface area contributed by atoms with Gasteiger partial charge in [-0.1, -0.05) is 55.4 Å². The van der Waals surface area contributed by atoms with Crippen LogP contribution in [0.1, 0.15) is 73.6 Å². The monoisotopic (exact) mass is 629 g/mol. The summed E-state index contributed by atoms with van der Waals surface area (Å²) in [5.41, 5.74) is -0.472. The Bertz CT molecular complexity index is 1160. The Morgan fingerprint density at radius 2 is 1.51 bits per heavy atom. The van der Waals surface area contributed by atoms with Gasteiger partial charge in [0.25, 0.3) is 5.56 Å². The molecule has 1 saturated heterocycles. The van der Waals surface area contributed by atoms with E-state index in [1.54, 1.807) is 13.2 Å². The summed E-state index contributed by atoms with van der Waals surface area (Å²) in [7, 11) is -5.28. The molecule has 4 atom stereocenters. The molecule has 2 rings (SSSR count). The van der Waals surface area contributed by atoms with Crippen LogP contribution >= 0.6 is 0 Å². The molecule has 3 N–H and O–H groups in total. The topological polar surface area (TPSA) is 115 Å². The molecule has 0 amide bonds. The zero-order valence-corrected chi connectivity index (χ0v) is 31.4. The summed E-state index contributed by atoms with van der Waals surface area (Å²) in [4.78, 5) is 39.7. The largest absolute Gasteiger partial charge is 0.432 e. The van der Waals surface area contributed by atoms with Gasteiger partial charge >= 0.3 is 5.69 Å². The molecule has 1 aromatic rings. The first-order chi connectivity index (χ1) is 18.3. The Hall–Kier alpha value is -0.869. The van der Waals surface area contributed by atoms with Crippen molar-refractivity contribution in [3.63, 3.8) is 0 Å². The van der Waals surface area contributed by atoms with E-state index in [0.29, 0.717) is 25.1 Å². The first-order valence-corrected chi connectivity index (χ1v) is 23.7. The molecule has 2 heterocycles. The van der Waals surface area contributed by atoms with E-state index in [-0.39, 0.29) is 22.1 Å². The number of nitrogens with zero attached hydrogens (tertiary/aromatic N) is 1. The molecule has 2 unspecified atom stereocenters. The molecule has 0 aromatic carbocycles. The van der Waals surface area contributed by atoms with E-state index in [1.807, 2.05) is 13.1 Å². The first-order valence-electron chi connectivity index (χ1n) is 14.9. The van der Waals surface area contributed by atoms with Crippen molar-refractivity contribution in [1.29, 1.82) is 0 Å². The molecule has 9 nitrogen and oxygen atoms in total. The summed E-state index contributed by atoms with van der Waals surface area (Å²) in [5.74, 6) is -0.253. The quantitative estimate of drug-likeness (QED) is 0.275. The third-order valence-corrected chi connectivity index (χ3v) is 22.7. The van der Waals surface area contributed by atoms with Crippen molar-refractivity contribution >= 4 is 25.0 Å². The highest BCUT2D eigenvalue weighted by atomic mass is 28.4. The molecule has 0 bridgehead atoms. The molecule has 238 valence electrons. The lowest BCUT2D eigenvalue weighted by atomic mass is 9.89. The normalized spacial score (nSPS) is 23.3. The zero-order valence-electron chi connectivity index (χ0n) is 28.4. The van der Waals surface area contributed by atoms with Gasteiger partial charge in [0, 0.05) is 24.2 Å². The molecular formula is C29H59N3O6Si3. The van der Waals surface area contributed by atoms with Crippen LogP contribution in [0.25, 0.3) is 0 Å². The van der Waals surface area contributed by atoms with Crippen LogP contribution in [0.15, 0.2) is 15.8 Å². The average molecular weight is 630 g/mol. The molecule has 1 aromatic heterocycles. The number of aromatic nitrogens is 2. The van der Waals surface area contributed by atoms with Gasteiger partial charge in [0.1, 0.15) is 12.3 Å². The SMILES string of the molecule is CNCc1cn([C@@H]2O[C@H](CO[Si](C)(C)C(C)(C)C)C(O[Si](C)(C)C(C)(C)C)C2CC(C)(C)[Si](C)(C)O)c(=O)[nH]c1=O. The van der Waals surface area contributed by atoms with E-state index < -0.39 is 53.6 Å². The fourth-order valence-electron chi connectivity index (χ4n) is 4.48. The van der Waals surface area contributed by atoms with Gasteiger partial charge in [0.2, 0.25) is 0 Å².